The van der Waals surface area contributed by atoms with Crippen LogP contribution in [0.1, 0.15) is 12.8 Å². The van der Waals surface area contributed by atoms with Crippen LogP contribution in [0.15, 0.2) is 30.3 Å². The number of carboxylic acid groups (broad SMARTS) is 1. The number of nitrogens with one attached hydrogen (secondary N) is 2. The Bertz CT molecular complexity index is 1330. The van der Waals surface area contributed by atoms with Crippen LogP contribution in [0.2, 0.25) is 0 Å². The first-order chi connectivity index (χ1) is 19.9. The van der Waals surface area contributed by atoms with Crippen molar-refractivity contribution >= 4 is 35.2 Å². The van der Waals surface area contributed by atoms with Crippen molar-refractivity contribution in [3.63, 3.8) is 0 Å². The van der Waals surface area contributed by atoms with E-state index in [1.807, 2.05) is 0 Å². The molecule has 1 heterocycles. The molecule has 3 rings (SSSR count). The van der Waals surface area contributed by atoms with E-state index in [4.69, 9.17) is 9.84 Å². The number of carboxylic acids is 1. The first-order valence-electron chi connectivity index (χ1n) is 12.3. The van der Waals surface area contributed by atoms with Crippen molar-refractivity contribution in [1.29, 1.82) is 0 Å². The highest BCUT2D eigenvalue weighted by atomic mass is 19.2. The molecule has 0 unspecified atom stereocenters. The monoisotopic (exact) mass is 601 g/mol. The summed E-state index contributed by atoms with van der Waals surface area (Å²) in [6.07, 6.45) is -1.13. The third kappa shape index (κ3) is 8.45. The maximum atomic E-state index is 13.9. The fourth-order valence-corrected chi connectivity index (χ4v) is 3.81. The number of benzene rings is 2. The number of ketones is 1. The SMILES string of the molecule is O=C(O)CC[C@H](NC(=O)[C@H]1COCCN(C(=O)C(=O)Nc2ccc(F)cc2)C1)C(=O)COc1c(F)c(F)cc(F)c1F. The molecule has 0 saturated carbocycles. The third-order valence-electron chi connectivity index (χ3n) is 6.00. The molecule has 1 saturated heterocycles. The van der Waals surface area contributed by atoms with Crippen molar-refractivity contribution in [1.82, 2.24) is 10.2 Å². The van der Waals surface area contributed by atoms with E-state index in [0.717, 1.165) is 17.0 Å². The van der Waals surface area contributed by atoms with E-state index < -0.39 is 95.7 Å². The maximum absolute atomic E-state index is 13.9. The summed E-state index contributed by atoms with van der Waals surface area (Å²) >= 11 is 0. The molecule has 3 N–H and O–H groups in total. The van der Waals surface area contributed by atoms with Crippen molar-refractivity contribution < 1.29 is 60.5 Å². The summed E-state index contributed by atoms with van der Waals surface area (Å²) in [4.78, 5) is 63.0. The number of nitrogens with zero attached hydrogens (tertiary/aromatic N) is 1. The maximum Gasteiger partial charge on any atom is 0.313 e. The Balaban J connectivity index is 1.67. The molecular formula is C26H24F5N3O8. The molecule has 1 aliphatic heterocycles. The van der Waals surface area contributed by atoms with Gasteiger partial charge in [0.2, 0.25) is 17.5 Å². The zero-order chi connectivity index (χ0) is 31.0. The van der Waals surface area contributed by atoms with Crippen LogP contribution >= 0.6 is 0 Å². The standard InChI is InChI=1S/C26H24F5N3O8/c27-14-1-3-15(4-2-14)32-25(39)26(40)34-7-8-41-11-13(10-34)24(38)33-18(5-6-20(36)37)19(35)12-42-23-21(30)16(28)9-17(29)22(23)31/h1-4,9,13,18H,5-8,10-12H2,(H,32,39)(H,33,38)(H,36,37)/t13-,18+/m1/s1. The van der Waals surface area contributed by atoms with Crippen LogP contribution in [0.3, 0.4) is 0 Å². The smallest absolute Gasteiger partial charge is 0.313 e. The molecular weight excluding hydrogens is 577 g/mol. The predicted octanol–water partition coefficient (Wildman–Crippen LogP) is 1.79. The summed E-state index contributed by atoms with van der Waals surface area (Å²) in [6.45, 7) is -1.95. The van der Waals surface area contributed by atoms with Gasteiger partial charge in [-0.2, -0.15) is 8.78 Å². The normalized spacial score (nSPS) is 15.7. The second-order valence-corrected chi connectivity index (χ2v) is 9.03. The van der Waals surface area contributed by atoms with Gasteiger partial charge in [-0.25, -0.2) is 13.2 Å². The number of hydrogen-bond acceptors (Lipinski definition) is 7. The van der Waals surface area contributed by atoms with E-state index in [2.05, 4.69) is 15.4 Å². The Kier molecular flexibility index (Phi) is 10.9. The van der Waals surface area contributed by atoms with Gasteiger partial charge in [-0.1, -0.05) is 0 Å². The Labute approximate surface area is 234 Å². The molecule has 0 aliphatic carbocycles. The highest BCUT2D eigenvalue weighted by Crippen LogP contribution is 2.26. The molecule has 2 aromatic carbocycles. The van der Waals surface area contributed by atoms with Gasteiger partial charge in [0.15, 0.2) is 23.2 Å². The van der Waals surface area contributed by atoms with Crippen LogP contribution in [0, 0.1) is 35.0 Å². The van der Waals surface area contributed by atoms with Gasteiger partial charge >= 0.3 is 17.8 Å². The van der Waals surface area contributed by atoms with Crippen LogP contribution in [0.25, 0.3) is 0 Å². The number of carbonyl (C=O) groups excluding carboxylic acids is 4. The fourth-order valence-electron chi connectivity index (χ4n) is 3.81. The van der Waals surface area contributed by atoms with Gasteiger partial charge in [0.05, 0.1) is 25.2 Å². The van der Waals surface area contributed by atoms with E-state index in [9.17, 15) is 45.9 Å². The number of carbonyl (C=O) groups is 5. The van der Waals surface area contributed by atoms with Crippen molar-refractivity contribution in [3.8, 4) is 5.75 Å². The van der Waals surface area contributed by atoms with Gasteiger partial charge in [-0.15, -0.1) is 0 Å². The Morgan fingerprint density at radius 2 is 1.67 bits per heavy atom. The summed E-state index contributed by atoms with van der Waals surface area (Å²) in [5, 5.41) is 13.6. The van der Waals surface area contributed by atoms with Crippen molar-refractivity contribution in [2.24, 2.45) is 5.92 Å². The molecule has 1 aliphatic rings. The van der Waals surface area contributed by atoms with Gasteiger partial charge in [0.1, 0.15) is 12.4 Å². The number of hydrogen-bond donors (Lipinski definition) is 3. The lowest BCUT2D eigenvalue weighted by Gasteiger charge is -2.24. The summed E-state index contributed by atoms with van der Waals surface area (Å²) in [5.41, 5.74) is 0.137. The van der Waals surface area contributed by atoms with E-state index in [1.54, 1.807) is 0 Å². The number of aliphatic carboxylic acids is 1. The highest BCUT2D eigenvalue weighted by Gasteiger charge is 2.33. The van der Waals surface area contributed by atoms with Crippen LogP contribution in [0.4, 0.5) is 27.6 Å². The predicted molar refractivity (Wildman–Crippen MR) is 131 cm³/mol. The van der Waals surface area contributed by atoms with Gasteiger partial charge < -0.3 is 30.1 Å². The summed E-state index contributed by atoms with van der Waals surface area (Å²) in [7, 11) is 0. The number of halogens is 5. The topological polar surface area (TPSA) is 151 Å². The minimum atomic E-state index is -1.91. The lowest BCUT2D eigenvalue weighted by molar-refractivity contribution is -0.144. The molecule has 2 atom stereocenters. The van der Waals surface area contributed by atoms with Gasteiger partial charge in [-0.05, 0) is 30.7 Å². The summed E-state index contributed by atoms with van der Waals surface area (Å²) < 4.78 is 77.7. The first-order valence-corrected chi connectivity index (χ1v) is 12.3. The second kappa shape index (κ2) is 14.3. The first kappa shape index (κ1) is 31.9. The number of anilines is 1. The average molecular weight is 601 g/mol. The fraction of sp³-hybridized carbons (Fsp3) is 0.346. The summed E-state index contributed by atoms with van der Waals surface area (Å²) in [6, 6.07) is 2.94. The largest absolute Gasteiger partial charge is 0.481 e. The minimum absolute atomic E-state index is 0.0596. The molecule has 3 amide bonds. The van der Waals surface area contributed by atoms with Crippen molar-refractivity contribution in [2.45, 2.75) is 18.9 Å². The van der Waals surface area contributed by atoms with Gasteiger partial charge in [0.25, 0.3) is 0 Å². The minimum Gasteiger partial charge on any atom is -0.481 e. The van der Waals surface area contributed by atoms with Crippen molar-refractivity contribution in [2.75, 3.05) is 38.2 Å². The Morgan fingerprint density at radius 1 is 1.02 bits per heavy atom. The number of rotatable bonds is 10. The van der Waals surface area contributed by atoms with E-state index >= 15 is 0 Å². The average Bonchev–Trinajstić information content (AvgIpc) is 3.21. The van der Waals surface area contributed by atoms with Crippen LogP contribution in [-0.2, 0) is 28.7 Å². The van der Waals surface area contributed by atoms with Crippen LogP contribution < -0.4 is 15.4 Å². The molecule has 16 heteroatoms. The third-order valence-corrected chi connectivity index (χ3v) is 6.00. The molecule has 0 bridgehead atoms. The van der Waals surface area contributed by atoms with Crippen molar-refractivity contribution in [3.05, 3.63) is 59.4 Å². The van der Waals surface area contributed by atoms with E-state index in [1.165, 1.54) is 12.1 Å². The van der Waals surface area contributed by atoms with E-state index in [-0.39, 0.29) is 38.1 Å². The van der Waals surface area contributed by atoms with E-state index in [0.29, 0.717) is 0 Å². The molecule has 0 aromatic heterocycles. The Hall–Kier alpha value is -4.60. The molecule has 226 valence electrons. The summed E-state index contributed by atoms with van der Waals surface area (Å²) in [5.74, 6) is -16.1. The number of Topliss-reactive ketones (excluding diaryl/α,β-unsaturated/α-hetero) is 1. The van der Waals surface area contributed by atoms with Crippen LogP contribution in [0.5, 0.6) is 5.75 Å². The Morgan fingerprint density at radius 3 is 2.29 bits per heavy atom. The van der Waals surface area contributed by atoms with Crippen LogP contribution in [-0.4, -0.2) is 78.4 Å². The zero-order valence-corrected chi connectivity index (χ0v) is 21.6. The second-order valence-electron chi connectivity index (χ2n) is 9.03. The molecule has 1 fully saturated rings. The molecule has 0 spiro atoms. The quantitative estimate of drug-likeness (QED) is 0.212. The molecule has 42 heavy (non-hydrogen) atoms. The van der Waals surface area contributed by atoms with Gasteiger partial charge in [-0.3, -0.25) is 24.0 Å². The number of amides is 3. The molecule has 0 radical (unpaired) electrons. The molecule has 11 nitrogen and oxygen atoms in total. The lowest BCUT2D eigenvalue weighted by Crippen LogP contribution is -2.49. The zero-order valence-electron chi connectivity index (χ0n) is 21.6. The number of ether oxygens (including phenoxy) is 2. The molecule has 2 aromatic rings. The lowest BCUT2D eigenvalue weighted by atomic mass is 10.0. The highest BCUT2D eigenvalue weighted by molar-refractivity contribution is 6.39. The van der Waals surface area contributed by atoms with Gasteiger partial charge in [0, 0.05) is 31.3 Å².